The maximum Gasteiger partial charge on any atom is 0.255 e. The topological polar surface area (TPSA) is 41.4 Å². The van der Waals surface area contributed by atoms with Crippen LogP contribution in [0.25, 0.3) is 5.69 Å². The average Bonchev–Trinajstić information content (AvgIpc) is 3.52. The Hall–Kier alpha value is -2.79. The van der Waals surface area contributed by atoms with E-state index in [1.807, 2.05) is 60.1 Å². The number of anilines is 1. The van der Waals surface area contributed by atoms with E-state index in [1.54, 1.807) is 6.07 Å². The van der Waals surface area contributed by atoms with Gasteiger partial charge in [0.05, 0.1) is 28.5 Å². The molecule has 31 heavy (non-hydrogen) atoms. The summed E-state index contributed by atoms with van der Waals surface area (Å²) < 4.78 is 1.99. The first-order valence-electron chi connectivity index (χ1n) is 10.9. The highest BCUT2D eigenvalue weighted by Gasteiger charge is 2.30. The zero-order valence-corrected chi connectivity index (χ0v) is 19.1. The molecule has 6 heteroatoms. The second-order valence-corrected chi connectivity index (χ2v) is 8.76. The van der Waals surface area contributed by atoms with E-state index in [4.69, 9.17) is 16.7 Å². The Balaban J connectivity index is 1.75. The van der Waals surface area contributed by atoms with Crippen molar-refractivity contribution in [3.05, 3.63) is 76.4 Å². The molecule has 3 aromatic rings. The van der Waals surface area contributed by atoms with Gasteiger partial charge in [0.2, 0.25) is 0 Å². The van der Waals surface area contributed by atoms with Crippen LogP contribution >= 0.6 is 11.6 Å². The van der Waals surface area contributed by atoms with E-state index in [9.17, 15) is 4.79 Å². The summed E-state index contributed by atoms with van der Waals surface area (Å²) in [5.41, 5.74) is 3.68. The summed E-state index contributed by atoms with van der Waals surface area (Å²) in [7, 11) is 4.06. The van der Waals surface area contributed by atoms with Crippen molar-refractivity contribution in [3.63, 3.8) is 0 Å². The summed E-state index contributed by atoms with van der Waals surface area (Å²) in [5.74, 6) is 1.57. The van der Waals surface area contributed by atoms with Crippen LogP contribution in [0.15, 0.2) is 54.6 Å². The van der Waals surface area contributed by atoms with E-state index >= 15 is 0 Å². The molecule has 162 valence electrons. The maximum absolute atomic E-state index is 13.5. The third-order valence-electron chi connectivity index (χ3n) is 5.71. The second kappa shape index (κ2) is 9.15. The number of hydrogen-bond donors (Lipinski definition) is 0. The van der Waals surface area contributed by atoms with Crippen LogP contribution in [-0.4, -0.2) is 41.2 Å². The van der Waals surface area contributed by atoms with Gasteiger partial charge in [-0.1, -0.05) is 48.9 Å². The maximum atomic E-state index is 13.5. The first-order chi connectivity index (χ1) is 15.0. The zero-order valence-electron chi connectivity index (χ0n) is 18.4. The molecule has 1 aliphatic carbocycles. The monoisotopic (exact) mass is 436 g/mol. The van der Waals surface area contributed by atoms with Gasteiger partial charge in [-0.3, -0.25) is 4.79 Å². The molecule has 1 aliphatic rings. The van der Waals surface area contributed by atoms with Crippen LogP contribution in [-0.2, 0) is 13.0 Å². The third-order valence-corrected chi connectivity index (χ3v) is 6.04. The quantitative estimate of drug-likeness (QED) is 0.487. The van der Waals surface area contributed by atoms with Gasteiger partial charge >= 0.3 is 0 Å². The van der Waals surface area contributed by atoms with Gasteiger partial charge in [-0.25, -0.2) is 4.68 Å². The van der Waals surface area contributed by atoms with Crippen molar-refractivity contribution in [1.82, 2.24) is 14.7 Å². The van der Waals surface area contributed by atoms with Crippen LogP contribution in [0.2, 0.25) is 5.02 Å². The fourth-order valence-corrected chi connectivity index (χ4v) is 4.18. The largest absolute Gasteiger partial charge is 0.362 e. The summed E-state index contributed by atoms with van der Waals surface area (Å²) in [6.45, 7) is 3.38. The molecule has 0 spiro atoms. The number of carbonyl (C=O) groups is 1. The first-order valence-corrected chi connectivity index (χ1v) is 11.2. The van der Waals surface area contributed by atoms with Crippen molar-refractivity contribution in [2.24, 2.45) is 5.92 Å². The Kier molecular flexibility index (Phi) is 6.33. The highest BCUT2D eigenvalue weighted by Crippen LogP contribution is 2.33. The summed E-state index contributed by atoms with van der Waals surface area (Å²) >= 11 is 6.37. The van der Waals surface area contributed by atoms with Crippen molar-refractivity contribution >= 4 is 23.3 Å². The number of benzene rings is 2. The molecule has 5 nitrogen and oxygen atoms in total. The lowest BCUT2D eigenvalue weighted by molar-refractivity contribution is 0.0735. The molecular formula is C25H29ClN4O. The molecule has 0 bridgehead atoms. The van der Waals surface area contributed by atoms with Crippen molar-refractivity contribution < 1.29 is 4.79 Å². The van der Waals surface area contributed by atoms with Crippen LogP contribution in [0.4, 0.5) is 5.82 Å². The van der Waals surface area contributed by atoms with E-state index in [2.05, 4.69) is 24.0 Å². The van der Waals surface area contributed by atoms with Gasteiger partial charge in [-0.05, 0) is 49.4 Å². The number of hydrogen-bond acceptors (Lipinski definition) is 3. The first kappa shape index (κ1) is 21.4. The van der Waals surface area contributed by atoms with Gasteiger partial charge in [0.1, 0.15) is 5.82 Å². The van der Waals surface area contributed by atoms with E-state index in [-0.39, 0.29) is 5.91 Å². The zero-order chi connectivity index (χ0) is 22.0. The molecule has 0 unspecified atom stereocenters. The molecule has 4 rings (SSSR count). The second-order valence-electron chi connectivity index (χ2n) is 8.35. The predicted molar refractivity (Wildman–Crippen MR) is 126 cm³/mol. The van der Waals surface area contributed by atoms with E-state index in [0.717, 1.165) is 35.7 Å². The fraction of sp³-hybridized carbons (Fsp3) is 0.360. The molecule has 1 aromatic heterocycles. The summed E-state index contributed by atoms with van der Waals surface area (Å²) in [5, 5.41) is 5.43. The number of aromatic nitrogens is 2. The number of rotatable bonds is 8. The van der Waals surface area contributed by atoms with Crippen LogP contribution < -0.4 is 4.90 Å². The lowest BCUT2D eigenvalue weighted by atomic mass is 10.1. The highest BCUT2D eigenvalue weighted by atomic mass is 35.5. The summed E-state index contributed by atoms with van der Waals surface area (Å²) in [4.78, 5) is 17.5. The molecule has 0 saturated heterocycles. The molecule has 0 aliphatic heterocycles. The SMILES string of the molecule is CCc1nn(-c2ccccc2)c(N(C)C)c1CN(CC1CC1)C(=O)c1ccccc1Cl. The summed E-state index contributed by atoms with van der Waals surface area (Å²) in [6, 6.07) is 17.5. The van der Waals surface area contributed by atoms with E-state index in [0.29, 0.717) is 23.0 Å². The van der Waals surface area contributed by atoms with Gasteiger partial charge in [0, 0.05) is 26.2 Å². The van der Waals surface area contributed by atoms with E-state index in [1.165, 1.54) is 12.8 Å². The molecule has 0 atom stereocenters. The minimum Gasteiger partial charge on any atom is -0.362 e. The van der Waals surface area contributed by atoms with Crippen LogP contribution in [0.1, 0.15) is 41.4 Å². The number of aryl methyl sites for hydroxylation is 1. The molecule has 2 aromatic carbocycles. The minimum absolute atomic E-state index is 0.0169. The van der Waals surface area contributed by atoms with Crippen molar-refractivity contribution in [1.29, 1.82) is 0 Å². The lowest BCUT2D eigenvalue weighted by Gasteiger charge is -2.25. The fourth-order valence-electron chi connectivity index (χ4n) is 3.97. The molecule has 1 heterocycles. The van der Waals surface area contributed by atoms with Gasteiger partial charge in [-0.2, -0.15) is 5.10 Å². The van der Waals surface area contributed by atoms with Crippen molar-refractivity contribution in [3.8, 4) is 5.69 Å². The molecule has 1 fully saturated rings. The summed E-state index contributed by atoms with van der Waals surface area (Å²) in [6.07, 6.45) is 3.15. The van der Waals surface area contributed by atoms with Crippen molar-refractivity contribution in [2.45, 2.75) is 32.7 Å². The van der Waals surface area contributed by atoms with Crippen molar-refractivity contribution in [2.75, 3.05) is 25.5 Å². The normalized spacial score (nSPS) is 13.3. The van der Waals surface area contributed by atoms with Crippen LogP contribution in [0.5, 0.6) is 0 Å². The number of amides is 1. The standard InChI is InChI=1S/C25H29ClN4O/c1-4-23-21(24(28(2)3)30(27-23)19-10-6-5-7-11-19)17-29(16-18-14-15-18)25(31)20-12-8-9-13-22(20)26/h5-13,18H,4,14-17H2,1-3H3. The van der Waals surface area contributed by atoms with Gasteiger partial charge in [-0.15, -0.1) is 0 Å². The Bertz CT molecular complexity index is 1060. The van der Waals surface area contributed by atoms with Gasteiger partial charge < -0.3 is 9.80 Å². The Morgan fingerprint density at radius 1 is 1.10 bits per heavy atom. The average molecular weight is 437 g/mol. The Morgan fingerprint density at radius 2 is 1.77 bits per heavy atom. The smallest absolute Gasteiger partial charge is 0.255 e. The molecule has 1 amide bonds. The number of nitrogens with zero attached hydrogens (tertiary/aromatic N) is 4. The number of carbonyl (C=O) groups excluding carboxylic acids is 1. The minimum atomic E-state index is -0.0169. The molecular weight excluding hydrogens is 408 g/mol. The highest BCUT2D eigenvalue weighted by molar-refractivity contribution is 6.33. The number of halogens is 1. The van der Waals surface area contributed by atoms with Gasteiger partial charge in [0.15, 0.2) is 0 Å². The Morgan fingerprint density at radius 3 is 2.39 bits per heavy atom. The molecule has 1 saturated carbocycles. The number of para-hydroxylation sites is 1. The molecule has 0 N–H and O–H groups in total. The predicted octanol–water partition coefficient (Wildman–Crippen LogP) is 5.21. The van der Waals surface area contributed by atoms with E-state index < -0.39 is 0 Å². The lowest BCUT2D eigenvalue weighted by Crippen LogP contribution is -2.33. The van der Waals surface area contributed by atoms with Gasteiger partial charge in [0.25, 0.3) is 5.91 Å². The van der Waals surface area contributed by atoms with Crippen LogP contribution in [0, 0.1) is 5.92 Å². The third kappa shape index (κ3) is 4.62. The van der Waals surface area contributed by atoms with Crippen LogP contribution in [0.3, 0.4) is 0 Å². The Labute approximate surface area is 189 Å². The molecule has 0 radical (unpaired) electrons.